The first-order valence-corrected chi connectivity index (χ1v) is 7.05. The lowest BCUT2D eigenvalue weighted by atomic mass is 9.97. The van der Waals surface area contributed by atoms with Crippen molar-refractivity contribution in [2.24, 2.45) is 0 Å². The first kappa shape index (κ1) is 15.7. The fourth-order valence-electron chi connectivity index (χ4n) is 2.59. The molecule has 2 heterocycles. The summed E-state index contributed by atoms with van der Waals surface area (Å²) in [6.45, 7) is 0. The largest absolute Gasteiger partial charge is 0.476 e. The Balaban J connectivity index is 2.01. The molecule has 0 unspecified atom stereocenters. The van der Waals surface area contributed by atoms with Crippen molar-refractivity contribution in [2.45, 2.75) is 24.7 Å². The summed E-state index contributed by atoms with van der Waals surface area (Å²) in [5, 5.41) is 15.9. The van der Waals surface area contributed by atoms with Gasteiger partial charge in [-0.1, -0.05) is 23.7 Å². The number of nitrogens with one attached hydrogen (secondary N) is 1. The van der Waals surface area contributed by atoms with E-state index in [2.05, 4.69) is 10.4 Å². The molecule has 1 aromatic heterocycles. The summed E-state index contributed by atoms with van der Waals surface area (Å²) in [5.41, 5.74) is 0.200. The van der Waals surface area contributed by atoms with Crippen molar-refractivity contribution >= 4 is 23.4 Å². The third-order valence-corrected chi connectivity index (χ3v) is 3.93. The SMILES string of the molecule is O=C(O)c1cc2n(n1)[C@@H](C(F)(F)F)C[C@H](c1ccc(Cl)cc1)N2. The molecule has 1 aliphatic heterocycles. The molecule has 0 spiro atoms. The van der Waals surface area contributed by atoms with Gasteiger partial charge in [-0.05, 0) is 17.7 Å². The van der Waals surface area contributed by atoms with Crippen LogP contribution in [0.15, 0.2) is 30.3 Å². The number of alkyl halides is 3. The number of aromatic carboxylic acids is 1. The summed E-state index contributed by atoms with van der Waals surface area (Å²) < 4.78 is 40.7. The Morgan fingerprint density at radius 1 is 1.35 bits per heavy atom. The molecule has 3 rings (SSSR count). The zero-order chi connectivity index (χ0) is 16.8. The summed E-state index contributed by atoms with van der Waals surface area (Å²) in [6, 6.07) is 5.04. The van der Waals surface area contributed by atoms with Crippen molar-refractivity contribution < 1.29 is 23.1 Å². The van der Waals surface area contributed by atoms with Crippen LogP contribution in [0.5, 0.6) is 0 Å². The Kier molecular flexibility index (Phi) is 3.71. The van der Waals surface area contributed by atoms with E-state index in [-0.39, 0.29) is 12.2 Å². The molecule has 1 aliphatic rings. The van der Waals surface area contributed by atoms with Crippen molar-refractivity contribution in [3.63, 3.8) is 0 Å². The van der Waals surface area contributed by atoms with Crippen LogP contribution in [0.4, 0.5) is 19.0 Å². The second-order valence-corrected chi connectivity index (χ2v) is 5.64. The van der Waals surface area contributed by atoms with Crippen LogP contribution in [0, 0.1) is 0 Å². The molecule has 2 aromatic rings. The van der Waals surface area contributed by atoms with E-state index >= 15 is 0 Å². The van der Waals surface area contributed by atoms with E-state index in [1.807, 2.05) is 0 Å². The molecule has 23 heavy (non-hydrogen) atoms. The van der Waals surface area contributed by atoms with Crippen molar-refractivity contribution in [2.75, 3.05) is 5.32 Å². The van der Waals surface area contributed by atoms with Crippen LogP contribution in [0.2, 0.25) is 5.02 Å². The molecule has 122 valence electrons. The number of hydrogen-bond donors (Lipinski definition) is 2. The van der Waals surface area contributed by atoms with Gasteiger partial charge in [0, 0.05) is 17.5 Å². The molecule has 2 N–H and O–H groups in total. The summed E-state index contributed by atoms with van der Waals surface area (Å²) >= 11 is 5.79. The third kappa shape index (κ3) is 2.98. The minimum absolute atomic E-state index is 0.0240. The third-order valence-electron chi connectivity index (χ3n) is 3.68. The molecule has 0 radical (unpaired) electrons. The average Bonchev–Trinajstić information content (AvgIpc) is 2.90. The number of benzene rings is 1. The van der Waals surface area contributed by atoms with Gasteiger partial charge in [0.15, 0.2) is 11.7 Å². The van der Waals surface area contributed by atoms with Gasteiger partial charge in [-0.3, -0.25) is 0 Å². The van der Waals surface area contributed by atoms with E-state index < -0.39 is 29.9 Å². The van der Waals surface area contributed by atoms with Gasteiger partial charge in [-0.2, -0.15) is 18.3 Å². The van der Waals surface area contributed by atoms with Gasteiger partial charge in [0.2, 0.25) is 0 Å². The van der Waals surface area contributed by atoms with Gasteiger partial charge in [-0.25, -0.2) is 9.48 Å². The smallest absolute Gasteiger partial charge is 0.410 e. The molecular weight excluding hydrogens is 335 g/mol. The average molecular weight is 346 g/mol. The number of carboxylic acid groups (broad SMARTS) is 1. The van der Waals surface area contributed by atoms with Crippen molar-refractivity contribution in [1.29, 1.82) is 0 Å². The van der Waals surface area contributed by atoms with Gasteiger partial charge in [0.25, 0.3) is 0 Å². The van der Waals surface area contributed by atoms with Crippen LogP contribution in [-0.4, -0.2) is 27.0 Å². The lowest BCUT2D eigenvalue weighted by Gasteiger charge is -2.33. The van der Waals surface area contributed by atoms with Crippen molar-refractivity contribution in [3.05, 3.63) is 46.6 Å². The van der Waals surface area contributed by atoms with Gasteiger partial charge >= 0.3 is 12.1 Å². The maximum atomic E-state index is 13.3. The van der Waals surface area contributed by atoms with Crippen LogP contribution in [0.1, 0.15) is 34.6 Å². The number of carbonyl (C=O) groups is 1. The van der Waals surface area contributed by atoms with E-state index in [4.69, 9.17) is 16.7 Å². The highest BCUT2D eigenvalue weighted by Gasteiger charge is 2.46. The minimum Gasteiger partial charge on any atom is -0.476 e. The molecule has 9 heteroatoms. The summed E-state index contributed by atoms with van der Waals surface area (Å²) in [7, 11) is 0. The Hall–Kier alpha value is -2.22. The number of aromatic nitrogens is 2. The van der Waals surface area contributed by atoms with E-state index in [0.717, 1.165) is 6.07 Å². The Morgan fingerprint density at radius 2 is 2.00 bits per heavy atom. The molecule has 1 aromatic carbocycles. The number of rotatable bonds is 2. The first-order chi connectivity index (χ1) is 10.8. The lowest BCUT2D eigenvalue weighted by Crippen LogP contribution is -2.35. The van der Waals surface area contributed by atoms with Gasteiger partial charge < -0.3 is 10.4 Å². The predicted molar refractivity (Wildman–Crippen MR) is 76.7 cm³/mol. The van der Waals surface area contributed by atoms with E-state index in [0.29, 0.717) is 15.3 Å². The van der Waals surface area contributed by atoms with Crippen LogP contribution in [-0.2, 0) is 0 Å². The Bertz CT molecular complexity index is 743. The predicted octanol–water partition coefficient (Wildman–Crippen LogP) is 3.90. The highest BCUT2D eigenvalue weighted by molar-refractivity contribution is 6.30. The number of hydrogen-bond acceptors (Lipinski definition) is 3. The maximum absolute atomic E-state index is 13.3. The highest BCUT2D eigenvalue weighted by atomic mass is 35.5. The lowest BCUT2D eigenvalue weighted by molar-refractivity contribution is -0.173. The number of halogens is 4. The quantitative estimate of drug-likeness (QED) is 0.866. The summed E-state index contributed by atoms with van der Waals surface area (Å²) in [6.07, 6.45) is -4.83. The standard InChI is InChI=1S/C14H11ClF3N3O2/c15-8-3-1-7(2-4-8)9-5-11(14(16,17)18)21-12(19-9)6-10(20-21)13(22)23/h1-4,6,9,11,19H,5H2,(H,22,23)/t9-,11-/m1/s1. The topological polar surface area (TPSA) is 67.1 Å². The summed E-state index contributed by atoms with van der Waals surface area (Å²) in [4.78, 5) is 11.0. The second kappa shape index (κ2) is 5.45. The number of fused-ring (bicyclic) bond motifs is 1. The Labute approximate surface area is 133 Å². The molecule has 0 saturated heterocycles. The Morgan fingerprint density at radius 3 is 2.57 bits per heavy atom. The van der Waals surface area contributed by atoms with Crippen LogP contribution in [0.25, 0.3) is 0 Å². The van der Waals surface area contributed by atoms with Crippen molar-refractivity contribution in [1.82, 2.24) is 9.78 Å². The number of anilines is 1. The van der Waals surface area contributed by atoms with Crippen LogP contribution < -0.4 is 5.32 Å². The normalized spacial score (nSPS) is 20.7. The van der Waals surface area contributed by atoms with Crippen molar-refractivity contribution in [3.8, 4) is 0 Å². The fourth-order valence-corrected chi connectivity index (χ4v) is 2.72. The molecular formula is C14H11ClF3N3O2. The zero-order valence-electron chi connectivity index (χ0n) is 11.5. The van der Waals surface area contributed by atoms with E-state index in [9.17, 15) is 18.0 Å². The highest BCUT2D eigenvalue weighted by Crippen LogP contribution is 2.43. The van der Waals surface area contributed by atoms with Crippen LogP contribution in [0.3, 0.4) is 0 Å². The molecule has 2 atom stereocenters. The van der Waals surface area contributed by atoms with Crippen LogP contribution >= 0.6 is 11.6 Å². The van der Waals surface area contributed by atoms with Gasteiger partial charge in [-0.15, -0.1) is 0 Å². The zero-order valence-corrected chi connectivity index (χ0v) is 12.3. The molecule has 0 aliphatic carbocycles. The molecule has 0 fully saturated rings. The van der Waals surface area contributed by atoms with Gasteiger partial charge in [0.1, 0.15) is 5.82 Å². The van der Waals surface area contributed by atoms with E-state index in [1.54, 1.807) is 24.3 Å². The van der Waals surface area contributed by atoms with E-state index in [1.165, 1.54) is 0 Å². The minimum atomic E-state index is -4.54. The first-order valence-electron chi connectivity index (χ1n) is 6.67. The summed E-state index contributed by atoms with van der Waals surface area (Å²) in [5.74, 6) is -1.35. The molecule has 0 amide bonds. The fraction of sp³-hybridized carbons (Fsp3) is 0.286. The number of carboxylic acids is 1. The molecule has 5 nitrogen and oxygen atoms in total. The maximum Gasteiger partial charge on any atom is 0.410 e. The van der Waals surface area contributed by atoms with Gasteiger partial charge in [0.05, 0.1) is 6.04 Å². The molecule has 0 bridgehead atoms. The molecule has 0 saturated carbocycles. The second-order valence-electron chi connectivity index (χ2n) is 5.21. The monoisotopic (exact) mass is 345 g/mol. The number of nitrogens with zero attached hydrogens (tertiary/aromatic N) is 2.